The van der Waals surface area contributed by atoms with Crippen LogP contribution in [-0.2, 0) is 9.53 Å². The van der Waals surface area contributed by atoms with Gasteiger partial charge in [-0.3, -0.25) is 9.69 Å². The Morgan fingerprint density at radius 3 is 2.10 bits per heavy atom. The first kappa shape index (κ1) is 23.0. The van der Waals surface area contributed by atoms with Crippen LogP contribution in [0.1, 0.15) is 26.7 Å². The van der Waals surface area contributed by atoms with Gasteiger partial charge in [-0.05, 0) is 26.7 Å². The van der Waals surface area contributed by atoms with Gasteiger partial charge in [0.2, 0.25) is 11.9 Å². The number of halogens is 1. The Morgan fingerprint density at radius 1 is 0.933 bits per heavy atom. The molecule has 9 heteroatoms. The van der Waals surface area contributed by atoms with E-state index in [0.29, 0.717) is 11.9 Å². The summed E-state index contributed by atoms with van der Waals surface area (Å²) in [7, 11) is 0. The Morgan fingerprint density at radius 2 is 1.53 bits per heavy atom. The van der Waals surface area contributed by atoms with Crippen molar-refractivity contribution < 1.29 is 9.53 Å². The van der Waals surface area contributed by atoms with Crippen molar-refractivity contribution in [2.75, 3.05) is 75.4 Å². The van der Waals surface area contributed by atoms with E-state index in [2.05, 4.69) is 43.4 Å². The number of anilines is 2. The van der Waals surface area contributed by atoms with Crippen molar-refractivity contribution in [1.82, 2.24) is 19.8 Å². The number of hydrogen-bond acceptors (Lipinski definition) is 7. The fraction of sp³-hybridized carbons (Fsp3) is 0.762. The molecule has 0 N–H and O–H groups in total. The predicted octanol–water partition coefficient (Wildman–Crippen LogP) is 1.50. The van der Waals surface area contributed by atoms with Crippen molar-refractivity contribution in [2.45, 2.75) is 32.7 Å². The molecule has 3 saturated heterocycles. The van der Waals surface area contributed by atoms with Gasteiger partial charge in [-0.25, -0.2) is 9.97 Å². The van der Waals surface area contributed by atoms with Crippen LogP contribution in [0.5, 0.6) is 0 Å². The largest absolute Gasteiger partial charge is 0.378 e. The molecule has 8 nitrogen and oxygen atoms in total. The number of ether oxygens (including phenoxy) is 1. The molecular weight excluding hydrogens is 404 g/mol. The lowest BCUT2D eigenvalue weighted by Gasteiger charge is -2.40. The van der Waals surface area contributed by atoms with E-state index in [0.717, 1.165) is 90.0 Å². The van der Waals surface area contributed by atoms with Crippen LogP contribution in [0, 0.1) is 5.92 Å². The van der Waals surface area contributed by atoms with Gasteiger partial charge in [0.05, 0.1) is 31.3 Å². The van der Waals surface area contributed by atoms with Crippen molar-refractivity contribution in [3.05, 3.63) is 12.4 Å². The van der Waals surface area contributed by atoms with Gasteiger partial charge in [0.15, 0.2) is 0 Å². The van der Waals surface area contributed by atoms with Crippen molar-refractivity contribution in [1.29, 1.82) is 0 Å². The zero-order valence-electron chi connectivity index (χ0n) is 18.2. The highest BCUT2D eigenvalue weighted by Gasteiger charge is 2.31. The number of amides is 1. The highest BCUT2D eigenvalue weighted by atomic mass is 35.5. The number of carbonyl (C=O) groups excluding carboxylic acids is 1. The van der Waals surface area contributed by atoms with Gasteiger partial charge in [-0.2, -0.15) is 0 Å². The second kappa shape index (κ2) is 10.6. The average molecular weight is 439 g/mol. The highest BCUT2D eigenvalue weighted by Crippen LogP contribution is 2.25. The summed E-state index contributed by atoms with van der Waals surface area (Å²) < 4.78 is 5.39. The zero-order valence-corrected chi connectivity index (χ0v) is 19.0. The molecule has 1 amide bonds. The van der Waals surface area contributed by atoms with Gasteiger partial charge in [0.25, 0.3) is 0 Å². The number of aromatic nitrogens is 2. The number of rotatable bonds is 4. The second-order valence-electron chi connectivity index (χ2n) is 8.56. The maximum atomic E-state index is 12.9. The van der Waals surface area contributed by atoms with Crippen molar-refractivity contribution in [2.24, 2.45) is 5.92 Å². The number of carbonyl (C=O) groups is 1. The van der Waals surface area contributed by atoms with E-state index in [9.17, 15) is 4.79 Å². The number of morpholine rings is 1. The summed E-state index contributed by atoms with van der Waals surface area (Å²) in [5.74, 6) is 1.29. The molecule has 4 heterocycles. The minimum Gasteiger partial charge on any atom is -0.378 e. The van der Waals surface area contributed by atoms with Crippen molar-refractivity contribution in [3.8, 4) is 0 Å². The third-order valence-corrected chi connectivity index (χ3v) is 6.48. The molecule has 1 aromatic rings. The first-order valence-corrected chi connectivity index (χ1v) is 11.0. The Hall–Kier alpha value is -1.64. The monoisotopic (exact) mass is 438 g/mol. The fourth-order valence-electron chi connectivity index (χ4n) is 4.51. The first-order valence-electron chi connectivity index (χ1n) is 11.0. The average Bonchev–Trinajstić information content (AvgIpc) is 2.79. The number of piperazine rings is 1. The molecular formula is C21H35ClN6O2. The van der Waals surface area contributed by atoms with Crippen LogP contribution in [0.25, 0.3) is 0 Å². The Balaban J connectivity index is 0.00000256. The molecule has 3 aliphatic rings. The van der Waals surface area contributed by atoms with E-state index in [1.165, 1.54) is 0 Å². The van der Waals surface area contributed by atoms with Gasteiger partial charge in [-0.1, -0.05) is 0 Å². The summed E-state index contributed by atoms with van der Waals surface area (Å²) >= 11 is 0. The van der Waals surface area contributed by atoms with Gasteiger partial charge < -0.3 is 19.4 Å². The summed E-state index contributed by atoms with van der Waals surface area (Å²) in [5, 5.41) is 0. The predicted molar refractivity (Wildman–Crippen MR) is 121 cm³/mol. The molecule has 0 radical (unpaired) electrons. The van der Waals surface area contributed by atoms with Crippen LogP contribution in [0.3, 0.4) is 0 Å². The summed E-state index contributed by atoms with van der Waals surface area (Å²) in [4.78, 5) is 31.1. The molecule has 30 heavy (non-hydrogen) atoms. The topological polar surface area (TPSA) is 65.0 Å². The maximum Gasteiger partial charge on any atom is 0.225 e. The van der Waals surface area contributed by atoms with Gasteiger partial charge in [0, 0.05) is 64.3 Å². The first-order chi connectivity index (χ1) is 14.1. The summed E-state index contributed by atoms with van der Waals surface area (Å²) in [6, 6.07) is 0.562. The lowest BCUT2D eigenvalue weighted by molar-refractivity contribution is -0.138. The van der Waals surface area contributed by atoms with Crippen LogP contribution in [0.4, 0.5) is 11.6 Å². The lowest BCUT2D eigenvalue weighted by atomic mass is 9.94. The summed E-state index contributed by atoms with van der Waals surface area (Å²) in [5.41, 5.74) is 1.05. The number of piperidine rings is 1. The molecule has 168 valence electrons. The molecule has 4 rings (SSSR count). The highest BCUT2D eigenvalue weighted by molar-refractivity contribution is 5.85. The van der Waals surface area contributed by atoms with E-state index >= 15 is 0 Å². The van der Waals surface area contributed by atoms with Crippen LogP contribution in [-0.4, -0.2) is 97.3 Å². The van der Waals surface area contributed by atoms with E-state index in [1.54, 1.807) is 0 Å². The quantitative estimate of drug-likeness (QED) is 0.705. The molecule has 3 aliphatic heterocycles. The molecule has 1 aromatic heterocycles. The van der Waals surface area contributed by atoms with E-state index < -0.39 is 0 Å². The maximum absolute atomic E-state index is 12.9. The molecule has 0 bridgehead atoms. The standard InChI is InChI=1S/C21H34N6O2.ClH/c1-17(2)24-7-9-26(10-8-24)20(28)18-3-5-25(6-4-18)19-15-22-21(23-16-19)27-11-13-29-14-12-27;/h15-18H,3-14H2,1-2H3;1H. The van der Waals surface area contributed by atoms with Crippen LogP contribution < -0.4 is 9.80 Å². The van der Waals surface area contributed by atoms with Crippen molar-refractivity contribution in [3.63, 3.8) is 0 Å². The summed E-state index contributed by atoms with van der Waals surface area (Å²) in [6.45, 7) is 13.1. The minimum absolute atomic E-state index is 0. The number of hydrogen-bond donors (Lipinski definition) is 0. The Bertz CT molecular complexity index is 667. The normalized spacial score (nSPS) is 21.6. The van der Waals surface area contributed by atoms with Crippen molar-refractivity contribution >= 4 is 29.9 Å². The SMILES string of the molecule is CC(C)N1CCN(C(=O)C2CCN(c3cnc(N4CCOCC4)nc3)CC2)CC1.Cl. The minimum atomic E-state index is 0. The second-order valence-corrected chi connectivity index (χ2v) is 8.56. The molecule has 3 fully saturated rings. The molecule has 0 saturated carbocycles. The Kier molecular flexibility index (Phi) is 8.13. The molecule has 0 spiro atoms. The van der Waals surface area contributed by atoms with Gasteiger partial charge >= 0.3 is 0 Å². The Labute approximate surface area is 186 Å². The zero-order chi connectivity index (χ0) is 20.2. The third kappa shape index (κ3) is 5.34. The molecule has 0 unspecified atom stereocenters. The fourth-order valence-corrected chi connectivity index (χ4v) is 4.51. The number of nitrogens with zero attached hydrogens (tertiary/aromatic N) is 6. The van der Waals surface area contributed by atoms with Crippen LogP contribution in [0.15, 0.2) is 12.4 Å². The van der Waals surface area contributed by atoms with Crippen LogP contribution in [0.2, 0.25) is 0 Å². The van der Waals surface area contributed by atoms with Crippen LogP contribution >= 0.6 is 12.4 Å². The summed E-state index contributed by atoms with van der Waals surface area (Å²) in [6.07, 6.45) is 5.67. The molecule has 0 aromatic carbocycles. The van der Waals surface area contributed by atoms with E-state index in [-0.39, 0.29) is 18.3 Å². The van der Waals surface area contributed by atoms with E-state index in [1.807, 2.05) is 12.4 Å². The smallest absolute Gasteiger partial charge is 0.225 e. The molecule has 0 aliphatic carbocycles. The third-order valence-electron chi connectivity index (χ3n) is 6.48. The lowest BCUT2D eigenvalue weighted by Crippen LogP contribution is -2.53. The van der Waals surface area contributed by atoms with E-state index in [4.69, 9.17) is 4.74 Å². The van der Waals surface area contributed by atoms with Gasteiger partial charge in [-0.15, -0.1) is 12.4 Å². The van der Waals surface area contributed by atoms with Gasteiger partial charge in [0.1, 0.15) is 0 Å². The molecule has 0 atom stereocenters.